The van der Waals surface area contributed by atoms with Crippen LogP contribution in [-0.2, 0) is 4.79 Å². The fourth-order valence-electron chi connectivity index (χ4n) is 3.72. The Kier molecular flexibility index (Phi) is 6.56. The Morgan fingerprint density at radius 1 is 0.750 bits per heavy atom. The van der Waals surface area contributed by atoms with Gasteiger partial charge in [-0.2, -0.15) is 0 Å². The minimum Gasteiger partial charge on any atom is -0.497 e. The first-order chi connectivity index (χ1) is 15.7. The fraction of sp³-hybridized carbons (Fsp3) is 0.148. The molecule has 32 heavy (non-hydrogen) atoms. The number of methoxy groups -OCH3 is 2. The molecule has 0 heterocycles. The van der Waals surface area contributed by atoms with Crippen LogP contribution in [0.2, 0.25) is 0 Å². The van der Waals surface area contributed by atoms with Crippen LogP contribution in [0.4, 0.5) is 5.69 Å². The number of amides is 1. The van der Waals surface area contributed by atoms with E-state index in [-0.39, 0.29) is 18.5 Å². The number of ether oxygens (including phenoxy) is 2. The molecule has 0 aliphatic carbocycles. The second-order valence-corrected chi connectivity index (χ2v) is 7.43. The number of anilines is 1. The molecule has 0 bridgehead atoms. The highest BCUT2D eigenvalue weighted by molar-refractivity contribution is 5.95. The number of hydrogen-bond donors (Lipinski definition) is 2. The van der Waals surface area contributed by atoms with Crippen molar-refractivity contribution in [2.75, 3.05) is 26.1 Å². The van der Waals surface area contributed by atoms with Gasteiger partial charge in [-0.1, -0.05) is 60.7 Å². The van der Waals surface area contributed by atoms with Crippen molar-refractivity contribution in [2.24, 2.45) is 0 Å². The lowest BCUT2D eigenvalue weighted by molar-refractivity contribution is -0.119. The second kappa shape index (κ2) is 9.88. The summed E-state index contributed by atoms with van der Waals surface area (Å²) in [6, 6.07) is 29.3. The summed E-state index contributed by atoms with van der Waals surface area (Å²) in [6.45, 7) is 0.164. The molecule has 4 aromatic rings. The van der Waals surface area contributed by atoms with Crippen LogP contribution in [0.3, 0.4) is 0 Å². The van der Waals surface area contributed by atoms with Crippen LogP contribution in [0.5, 0.6) is 11.5 Å². The van der Waals surface area contributed by atoms with Gasteiger partial charge in [0, 0.05) is 11.1 Å². The van der Waals surface area contributed by atoms with Crippen molar-refractivity contribution in [3.63, 3.8) is 0 Å². The molecule has 4 aromatic carbocycles. The van der Waals surface area contributed by atoms with Gasteiger partial charge in [0.15, 0.2) is 0 Å². The number of carbonyl (C=O) groups excluding carboxylic acids is 1. The lowest BCUT2D eigenvalue weighted by Crippen LogP contribution is -2.34. The van der Waals surface area contributed by atoms with Crippen molar-refractivity contribution < 1.29 is 14.3 Å². The van der Waals surface area contributed by atoms with E-state index in [0.717, 1.165) is 39.1 Å². The molecule has 0 aliphatic heterocycles. The Bertz CT molecular complexity index is 1130. The summed E-state index contributed by atoms with van der Waals surface area (Å²) < 4.78 is 10.5. The van der Waals surface area contributed by atoms with E-state index in [1.807, 2.05) is 78.9 Å². The van der Waals surface area contributed by atoms with Crippen LogP contribution in [0, 0.1) is 0 Å². The molecule has 0 saturated heterocycles. The maximum Gasteiger partial charge on any atom is 0.240 e. The molecule has 0 spiro atoms. The molecule has 0 unspecified atom stereocenters. The number of hydrogen-bond acceptors (Lipinski definition) is 4. The van der Waals surface area contributed by atoms with Gasteiger partial charge in [-0.25, -0.2) is 0 Å². The van der Waals surface area contributed by atoms with E-state index in [2.05, 4.69) is 22.8 Å². The average molecular weight is 427 g/mol. The molecule has 162 valence electrons. The van der Waals surface area contributed by atoms with Crippen LogP contribution < -0.4 is 20.1 Å². The second-order valence-electron chi connectivity index (χ2n) is 7.43. The molecule has 4 rings (SSSR count). The lowest BCUT2D eigenvalue weighted by atomic mass is 9.98. The van der Waals surface area contributed by atoms with Gasteiger partial charge in [0.2, 0.25) is 5.91 Å². The predicted molar refractivity (Wildman–Crippen MR) is 128 cm³/mol. The van der Waals surface area contributed by atoms with Crippen LogP contribution in [0.15, 0.2) is 91.0 Å². The van der Waals surface area contributed by atoms with Crippen molar-refractivity contribution in [1.82, 2.24) is 5.32 Å². The Balaban J connectivity index is 1.53. The quantitative estimate of drug-likeness (QED) is 0.408. The van der Waals surface area contributed by atoms with Crippen LogP contribution in [0.25, 0.3) is 10.8 Å². The number of benzene rings is 4. The minimum atomic E-state index is -0.298. The van der Waals surface area contributed by atoms with Gasteiger partial charge in [0.05, 0.1) is 26.8 Å². The topological polar surface area (TPSA) is 59.6 Å². The molecule has 0 aliphatic rings. The molecular formula is C27H26N2O3. The van der Waals surface area contributed by atoms with Crippen molar-refractivity contribution in [2.45, 2.75) is 6.04 Å². The van der Waals surface area contributed by atoms with Gasteiger partial charge in [-0.15, -0.1) is 0 Å². The summed E-state index contributed by atoms with van der Waals surface area (Å²) in [7, 11) is 3.27. The maximum atomic E-state index is 12.9. The molecule has 0 saturated carbocycles. The van der Waals surface area contributed by atoms with Crippen LogP contribution >= 0.6 is 0 Å². The van der Waals surface area contributed by atoms with Gasteiger partial charge in [0.25, 0.3) is 0 Å². The standard InChI is InChI=1S/C27H26N2O3/c1-31-22-14-10-20(11-15-22)27(21-12-16-23(32-2)17-13-21)29-26(30)18-28-25-9-5-7-19-6-3-4-8-24(19)25/h3-17,27-28H,18H2,1-2H3,(H,29,30). The van der Waals surface area contributed by atoms with Crippen molar-refractivity contribution in [3.05, 3.63) is 102 Å². The van der Waals surface area contributed by atoms with E-state index in [4.69, 9.17) is 9.47 Å². The first-order valence-corrected chi connectivity index (χ1v) is 10.5. The molecule has 1 amide bonds. The van der Waals surface area contributed by atoms with Gasteiger partial charge in [0.1, 0.15) is 11.5 Å². The number of nitrogens with one attached hydrogen (secondary N) is 2. The van der Waals surface area contributed by atoms with Crippen molar-refractivity contribution >= 4 is 22.4 Å². The predicted octanol–water partition coefficient (Wildman–Crippen LogP) is 5.17. The van der Waals surface area contributed by atoms with Crippen LogP contribution in [0.1, 0.15) is 17.2 Å². The minimum absolute atomic E-state index is 0.102. The molecular weight excluding hydrogens is 400 g/mol. The Labute approximate surface area is 188 Å². The van der Waals surface area contributed by atoms with Gasteiger partial charge in [-0.05, 0) is 46.8 Å². The van der Waals surface area contributed by atoms with Gasteiger partial charge < -0.3 is 20.1 Å². The fourth-order valence-corrected chi connectivity index (χ4v) is 3.72. The van der Waals surface area contributed by atoms with E-state index in [9.17, 15) is 4.79 Å². The third-order valence-electron chi connectivity index (χ3n) is 5.43. The van der Waals surface area contributed by atoms with Crippen LogP contribution in [-0.4, -0.2) is 26.7 Å². The van der Waals surface area contributed by atoms with E-state index >= 15 is 0 Å². The van der Waals surface area contributed by atoms with Gasteiger partial charge in [-0.3, -0.25) is 4.79 Å². The SMILES string of the molecule is COc1ccc(C(NC(=O)CNc2cccc3ccccc23)c2ccc(OC)cc2)cc1. The van der Waals surface area contributed by atoms with Crippen molar-refractivity contribution in [1.29, 1.82) is 0 Å². The van der Waals surface area contributed by atoms with E-state index in [1.54, 1.807) is 14.2 Å². The summed E-state index contributed by atoms with van der Waals surface area (Å²) >= 11 is 0. The molecule has 0 atom stereocenters. The summed E-state index contributed by atoms with van der Waals surface area (Å²) in [6.07, 6.45) is 0. The Hall–Kier alpha value is -3.99. The largest absolute Gasteiger partial charge is 0.497 e. The normalized spacial score (nSPS) is 10.7. The molecule has 5 nitrogen and oxygen atoms in total. The monoisotopic (exact) mass is 426 g/mol. The summed E-state index contributed by atoms with van der Waals surface area (Å²) in [5, 5.41) is 8.66. The Morgan fingerprint density at radius 3 is 1.91 bits per heavy atom. The third kappa shape index (κ3) is 4.83. The molecule has 2 N–H and O–H groups in total. The Morgan fingerprint density at radius 2 is 1.31 bits per heavy atom. The molecule has 0 aromatic heterocycles. The first kappa shape index (κ1) is 21.2. The summed E-state index contributed by atoms with van der Waals surface area (Å²) in [5.41, 5.74) is 2.87. The number of fused-ring (bicyclic) bond motifs is 1. The lowest BCUT2D eigenvalue weighted by Gasteiger charge is -2.21. The zero-order valence-electron chi connectivity index (χ0n) is 18.2. The third-order valence-corrected chi connectivity index (χ3v) is 5.43. The maximum absolute atomic E-state index is 12.9. The van der Waals surface area contributed by atoms with Crippen molar-refractivity contribution in [3.8, 4) is 11.5 Å². The smallest absolute Gasteiger partial charge is 0.240 e. The highest BCUT2D eigenvalue weighted by atomic mass is 16.5. The van der Waals surface area contributed by atoms with E-state index < -0.39 is 0 Å². The van der Waals surface area contributed by atoms with E-state index in [1.165, 1.54) is 0 Å². The highest BCUT2D eigenvalue weighted by Crippen LogP contribution is 2.26. The molecule has 0 radical (unpaired) electrons. The molecule has 5 heteroatoms. The summed E-state index contributed by atoms with van der Waals surface area (Å²) in [4.78, 5) is 12.9. The highest BCUT2D eigenvalue weighted by Gasteiger charge is 2.17. The van der Waals surface area contributed by atoms with E-state index in [0.29, 0.717) is 0 Å². The van der Waals surface area contributed by atoms with Gasteiger partial charge >= 0.3 is 0 Å². The number of carbonyl (C=O) groups is 1. The first-order valence-electron chi connectivity index (χ1n) is 10.5. The summed E-state index contributed by atoms with van der Waals surface area (Å²) in [5.74, 6) is 1.44. The molecule has 0 fully saturated rings. The number of rotatable bonds is 8. The average Bonchev–Trinajstić information content (AvgIpc) is 2.86. The zero-order valence-corrected chi connectivity index (χ0v) is 18.2. The zero-order chi connectivity index (χ0) is 22.3.